The van der Waals surface area contributed by atoms with Crippen molar-refractivity contribution in [2.45, 2.75) is 62.7 Å². The van der Waals surface area contributed by atoms with Gasteiger partial charge in [0, 0.05) is 25.0 Å². The van der Waals surface area contributed by atoms with E-state index in [0.717, 1.165) is 0 Å². The van der Waals surface area contributed by atoms with Crippen LogP contribution in [0.4, 0.5) is 0 Å². The standard InChI is InChI=1S/C18H30N6O9S/c19-8(1-6-14(27)28)15(29)24-11(7-34)17(31)22-9(2-4-12(20)25)16(30)23-10(18(32)33)3-5-13(21)26/h8-11,34H,1-7,19H2,(H2,20,25)(H2,21,26)(H,22,31)(H,23,30)(H,24,29)(H,27,28)(H,32,33). The molecule has 0 spiro atoms. The summed E-state index contributed by atoms with van der Waals surface area (Å²) in [5.74, 6) is -7.13. The number of rotatable bonds is 17. The van der Waals surface area contributed by atoms with Crippen LogP contribution in [0.25, 0.3) is 0 Å². The van der Waals surface area contributed by atoms with E-state index in [1.54, 1.807) is 0 Å². The Morgan fingerprint density at radius 3 is 1.56 bits per heavy atom. The Hall–Kier alpha value is -3.40. The minimum Gasteiger partial charge on any atom is -0.481 e. The largest absolute Gasteiger partial charge is 0.481 e. The molecule has 0 aromatic rings. The molecule has 0 aliphatic rings. The number of thiol groups is 1. The number of carboxylic acid groups (broad SMARTS) is 2. The van der Waals surface area contributed by atoms with Crippen LogP contribution in [0, 0.1) is 0 Å². The molecule has 4 atom stereocenters. The zero-order valence-electron chi connectivity index (χ0n) is 18.2. The molecule has 0 fully saturated rings. The molecule has 0 heterocycles. The number of hydrogen-bond donors (Lipinski definition) is 9. The maximum Gasteiger partial charge on any atom is 0.326 e. The first-order chi connectivity index (χ1) is 15.8. The lowest BCUT2D eigenvalue weighted by atomic mass is 10.1. The molecule has 0 aromatic heterocycles. The van der Waals surface area contributed by atoms with Crippen LogP contribution in [0.3, 0.4) is 0 Å². The van der Waals surface area contributed by atoms with Crippen LogP contribution in [-0.4, -0.2) is 81.6 Å². The number of amides is 5. The van der Waals surface area contributed by atoms with Crippen molar-refractivity contribution in [3.05, 3.63) is 0 Å². The minimum absolute atomic E-state index is 0.187. The number of nitrogens with one attached hydrogen (secondary N) is 3. The second kappa shape index (κ2) is 15.4. The van der Waals surface area contributed by atoms with Gasteiger partial charge in [0.15, 0.2) is 0 Å². The van der Waals surface area contributed by atoms with E-state index in [9.17, 15) is 38.7 Å². The topological polar surface area (TPSA) is 274 Å². The maximum absolute atomic E-state index is 12.6. The fourth-order valence-corrected chi connectivity index (χ4v) is 2.78. The molecule has 0 saturated carbocycles. The average Bonchev–Trinajstić information content (AvgIpc) is 2.74. The molecular weight excluding hydrogens is 476 g/mol. The van der Waals surface area contributed by atoms with Crippen LogP contribution in [0.15, 0.2) is 0 Å². The van der Waals surface area contributed by atoms with Crippen molar-refractivity contribution in [2.24, 2.45) is 17.2 Å². The highest BCUT2D eigenvalue weighted by atomic mass is 32.1. The Morgan fingerprint density at radius 2 is 1.12 bits per heavy atom. The maximum atomic E-state index is 12.6. The molecule has 15 nitrogen and oxygen atoms in total. The number of carbonyl (C=O) groups is 7. The second-order valence-corrected chi connectivity index (χ2v) is 7.62. The third kappa shape index (κ3) is 12.6. The first-order valence-electron chi connectivity index (χ1n) is 10.1. The van der Waals surface area contributed by atoms with Gasteiger partial charge in [-0.3, -0.25) is 28.8 Å². The summed E-state index contributed by atoms with van der Waals surface area (Å²) in [7, 11) is 0. The van der Waals surface area contributed by atoms with Crippen molar-refractivity contribution < 1.29 is 43.8 Å². The normalized spacial score (nSPS) is 14.1. The van der Waals surface area contributed by atoms with Crippen molar-refractivity contribution in [3.63, 3.8) is 0 Å². The van der Waals surface area contributed by atoms with Crippen molar-refractivity contribution >= 4 is 54.1 Å². The molecular formula is C18H30N6O9S. The predicted octanol–water partition coefficient (Wildman–Crippen LogP) is -3.82. The van der Waals surface area contributed by atoms with Crippen LogP contribution in [0.1, 0.15) is 38.5 Å². The van der Waals surface area contributed by atoms with E-state index < -0.39 is 65.6 Å². The SMILES string of the molecule is NC(=O)CCC(NC(=O)C(CCC(N)=O)NC(=O)C(CS)NC(=O)C(N)CCC(=O)O)C(=O)O. The van der Waals surface area contributed by atoms with Crippen LogP contribution < -0.4 is 33.2 Å². The van der Waals surface area contributed by atoms with E-state index in [4.69, 9.17) is 22.3 Å². The zero-order valence-corrected chi connectivity index (χ0v) is 19.1. The number of carbonyl (C=O) groups excluding carboxylic acids is 5. The van der Waals surface area contributed by atoms with Gasteiger partial charge in [-0.15, -0.1) is 0 Å². The smallest absolute Gasteiger partial charge is 0.326 e. The number of aliphatic carboxylic acids is 2. The minimum atomic E-state index is -1.50. The molecule has 0 saturated heterocycles. The lowest BCUT2D eigenvalue weighted by Crippen LogP contribution is -2.57. The average molecular weight is 507 g/mol. The monoisotopic (exact) mass is 506 g/mol. The van der Waals surface area contributed by atoms with E-state index >= 15 is 0 Å². The number of carboxylic acids is 2. The first kappa shape index (κ1) is 30.6. The fraction of sp³-hybridized carbons (Fsp3) is 0.611. The predicted molar refractivity (Wildman–Crippen MR) is 119 cm³/mol. The van der Waals surface area contributed by atoms with Crippen molar-refractivity contribution in [3.8, 4) is 0 Å². The van der Waals surface area contributed by atoms with Crippen molar-refractivity contribution in [1.29, 1.82) is 0 Å². The van der Waals surface area contributed by atoms with E-state index in [-0.39, 0.29) is 44.3 Å². The Kier molecular flexibility index (Phi) is 13.9. The number of primary amides is 2. The third-order valence-corrected chi connectivity index (χ3v) is 4.79. The van der Waals surface area contributed by atoms with E-state index in [1.165, 1.54) is 0 Å². The van der Waals surface area contributed by atoms with Gasteiger partial charge < -0.3 is 43.4 Å². The van der Waals surface area contributed by atoms with Gasteiger partial charge in [0.2, 0.25) is 29.5 Å². The van der Waals surface area contributed by atoms with Gasteiger partial charge in [-0.05, 0) is 19.3 Å². The molecule has 5 amide bonds. The Balaban J connectivity index is 5.32. The molecule has 16 heteroatoms. The molecule has 0 aliphatic carbocycles. The molecule has 11 N–H and O–H groups in total. The quantitative estimate of drug-likeness (QED) is 0.0867. The summed E-state index contributed by atoms with van der Waals surface area (Å²) < 4.78 is 0. The summed E-state index contributed by atoms with van der Waals surface area (Å²) in [6, 6.07) is -5.43. The molecule has 0 aliphatic heterocycles. The Labute approximate surface area is 199 Å². The fourth-order valence-electron chi connectivity index (χ4n) is 2.53. The summed E-state index contributed by atoms with van der Waals surface area (Å²) >= 11 is 3.96. The van der Waals surface area contributed by atoms with Gasteiger partial charge in [-0.25, -0.2) is 4.79 Å². The molecule has 192 valence electrons. The van der Waals surface area contributed by atoms with Crippen LogP contribution >= 0.6 is 12.6 Å². The highest BCUT2D eigenvalue weighted by molar-refractivity contribution is 7.80. The lowest BCUT2D eigenvalue weighted by Gasteiger charge is -2.24. The lowest BCUT2D eigenvalue weighted by molar-refractivity contribution is -0.143. The van der Waals surface area contributed by atoms with Gasteiger partial charge in [-0.1, -0.05) is 0 Å². The summed E-state index contributed by atoms with van der Waals surface area (Å²) in [4.78, 5) is 81.4. The van der Waals surface area contributed by atoms with Crippen LogP contribution in [0.5, 0.6) is 0 Å². The van der Waals surface area contributed by atoms with Gasteiger partial charge >= 0.3 is 11.9 Å². The second-order valence-electron chi connectivity index (χ2n) is 7.25. The molecule has 0 aromatic carbocycles. The third-order valence-electron chi connectivity index (χ3n) is 4.43. The Bertz CT molecular complexity index is 794. The van der Waals surface area contributed by atoms with Gasteiger partial charge in [0.05, 0.1) is 6.04 Å². The number of nitrogens with two attached hydrogens (primary N) is 3. The molecule has 0 rings (SSSR count). The molecule has 0 bridgehead atoms. The van der Waals surface area contributed by atoms with Gasteiger partial charge in [0.25, 0.3) is 0 Å². The van der Waals surface area contributed by atoms with Crippen LogP contribution in [-0.2, 0) is 33.6 Å². The molecule has 34 heavy (non-hydrogen) atoms. The highest BCUT2D eigenvalue weighted by Gasteiger charge is 2.30. The van der Waals surface area contributed by atoms with E-state index in [1.807, 2.05) is 0 Å². The summed E-state index contributed by atoms with van der Waals surface area (Å²) in [5, 5.41) is 24.6. The van der Waals surface area contributed by atoms with Crippen molar-refractivity contribution in [2.75, 3.05) is 5.75 Å². The molecule has 4 unspecified atom stereocenters. The van der Waals surface area contributed by atoms with E-state index in [2.05, 4.69) is 28.6 Å². The number of hydrogen-bond acceptors (Lipinski definition) is 9. The van der Waals surface area contributed by atoms with Crippen molar-refractivity contribution in [1.82, 2.24) is 16.0 Å². The van der Waals surface area contributed by atoms with Gasteiger partial charge in [0.1, 0.15) is 18.1 Å². The van der Waals surface area contributed by atoms with Crippen LogP contribution in [0.2, 0.25) is 0 Å². The summed E-state index contributed by atoms with van der Waals surface area (Å²) in [5.41, 5.74) is 15.7. The molecule has 0 radical (unpaired) electrons. The zero-order chi connectivity index (χ0) is 26.4. The summed E-state index contributed by atoms with van der Waals surface area (Å²) in [6.07, 6.45) is -1.83. The highest BCUT2D eigenvalue weighted by Crippen LogP contribution is 2.04. The van der Waals surface area contributed by atoms with Gasteiger partial charge in [-0.2, -0.15) is 12.6 Å². The van der Waals surface area contributed by atoms with E-state index in [0.29, 0.717) is 0 Å². The first-order valence-corrected chi connectivity index (χ1v) is 10.7. The Morgan fingerprint density at radius 1 is 0.676 bits per heavy atom. The summed E-state index contributed by atoms with van der Waals surface area (Å²) in [6.45, 7) is 0.